The number of aliphatic imine (C=N–C) groups is 2. The first-order valence-corrected chi connectivity index (χ1v) is 14.4. The van der Waals surface area contributed by atoms with E-state index in [1.54, 1.807) is 0 Å². The molecule has 3 aliphatic rings. The lowest BCUT2D eigenvalue weighted by Gasteiger charge is -2.23. The average molecular weight is 503 g/mol. The summed E-state index contributed by atoms with van der Waals surface area (Å²) in [4.78, 5) is 11.2. The van der Waals surface area contributed by atoms with Crippen molar-refractivity contribution in [2.45, 2.75) is 79.1 Å². The Kier molecular flexibility index (Phi) is 7.27. The van der Waals surface area contributed by atoms with Crippen LogP contribution in [0.15, 0.2) is 94.0 Å². The van der Waals surface area contributed by atoms with Crippen molar-refractivity contribution in [2.75, 3.05) is 0 Å². The van der Waals surface area contributed by atoms with E-state index in [9.17, 15) is 0 Å². The highest BCUT2D eigenvalue weighted by Crippen LogP contribution is 2.47. The summed E-state index contributed by atoms with van der Waals surface area (Å²) in [6, 6.07) is 13.4. The zero-order valence-electron chi connectivity index (χ0n) is 24.3. The van der Waals surface area contributed by atoms with Crippen LogP contribution in [0.25, 0.3) is 0 Å². The predicted octanol–water partition coefficient (Wildman–Crippen LogP) is 10.3. The normalized spacial score (nSPS) is 22.3. The van der Waals surface area contributed by atoms with Gasteiger partial charge in [0.25, 0.3) is 0 Å². The predicted molar refractivity (Wildman–Crippen MR) is 165 cm³/mol. The molecule has 0 radical (unpaired) electrons. The summed E-state index contributed by atoms with van der Waals surface area (Å²) in [5.74, 6) is 2.04. The van der Waals surface area contributed by atoms with Gasteiger partial charge in [0.2, 0.25) is 0 Å². The minimum absolute atomic E-state index is 0.193. The topological polar surface area (TPSA) is 24.7 Å². The second-order valence-corrected chi connectivity index (χ2v) is 12.2. The summed E-state index contributed by atoms with van der Waals surface area (Å²) in [5.41, 5.74) is 12.3. The van der Waals surface area contributed by atoms with Crippen LogP contribution in [0.1, 0.15) is 101 Å². The third kappa shape index (κ3) is 4.59. The molecule has 3 aliphatic carbocycles. The Hall–Kier alpha value is -3.26. The van der Waals surface area contributed by atoms with Gasteiger partial charge < -0.3 is 0 Å². The lowest BCUT2D eigenvalue weighted by molar-refractivity contribution is 0.680. The fourth-order valence-corrected chi connectivity index (χ4v) is 6.15. The van der Waals surface area contributed by atoms with Crippen molar-refractivity contribution in [3.05, 3.63) is 106 Å². The number of rotatable bonds is 6. The largest absolute Gasteiger partial charge is 0.250 e. The Morgan fingerprint density at radius 2 is 1.11 bits per heavy atom. The zero-order valence-corrected chi connectivity index (χ0v) is 24.3. The van der Waals surface area contributed by atoms with Crippen LogP contribution >= 0.6 is 0 Å². The summed E-state index contributed by atoms with van der Waals surface area (Å²) >= 11 is 0. The van der Waals surface area contributed by atoms with Crippen molar-refractivity contribution < 1.29 is 0 Å². The van der Waals surface area contributed by atoms with E-state index in [0.717, 1.165) is 22.8 Å². The van der Waals surface area contributed by atoms with E-state index in [0.29, 0.717) is 23.7 Å². The van der Waals surface area contributed by atoms with Gasteiger partial charge in [0.15, 0.2) is 0 Å². The van der Waals surface area contributed by atoms with Gasteiger partial charge in [0.05, 0.1) is 22.8 Å². The van der Waals surface area contributed by atoms with Gasteiger partial charge in [-0.05, 0) is 57.1 Å². The molecule has 38 heavy (non-hydrogen) atoms. The van der Waals surface area contributed by atoms with Gasteiger partial charge in [-0.2, -0.15) is 0 Å². The Bertz CT molecular complexity index is 1370. The van der Waals surface area contributed by atoms with Crippen molar-refractivity contribution in [2.24, 2.45) is 21.8 Å². The highest BCUT2D eigenvalue weighted by Gasteiger charge is 2.44. The van der Waals surface area contributed by atoms with E-state index in [1.807, 2.05) is 0 Å². The summed E-state index contributed by atoms with van der Waals surface area (Å²) in [5, 5.41) is 0. The molecule has 0 heterocycles. The van der Waals surface area contributed by atoms with Gasteiger partial charge in [0, 0.05) is 11.8 Å². The molecule has 0 bridgehead atoms. The lowest BCUT2D eigenvalue weighted by Crippen LogP contribution is -2.18. The van der Waals surface area contributed by atoms with Gasteiger partial charge in [0.1, 0.15) is 0 Å². The Balaban J connectivity index is 1.82. The fourth-order valence-electron chi connectivity index (χ4n) is 6.15. The zero-order chi connectivity index (χ0) is 27.1. The highest BCUT2D eigenvalue weighted by atomic mass is 14.9. The minimum atomic E-state index is 0.193. The van der Waals surface area contributed by atoms with Crippen LogP contribution in [0.2, 0.25) is 0 Å². The van der Waals surface area contributed by atoms with Crippen LogP contribution in [-0.4, -0.2) is 11.4 Å². The van der Waals surface area contributed by atoms with Crippen molar-refractivity contribution in [1.82, 2.24) is 0 Å². The van der Waals surface area contributed by atoms with Crippen molar-refractivity contribution >= 4 is 22.8 Å². The molecule has 0 N–H and O–H groups in total. The summed E-state index contributed by atoms with van der Waals surface area (Å²) in [6.45, 7) is 18.2. The summed E-state index contributed by atoms with van der Waals surface area (Å²) in [6.07, 6.45) is 13.5. The molecule has 2 heteroatoms. The molecule has 5 rings (SSSR count). The molecule has 2 aromatic rings. The second kappa shape index (κ2) is 10.5. The molecule has 2 aromatic carbocycles. The number of hydrogen-bond acceptors (Lipinski definition) is 2. The number of nitrogens with zero attached hydrogens (tertiary/aromatic N) is 2. The molecule has 1 saturated carbocycles. The Morgan fingerprint density at radius 3 is 1.61 bits per heavy atom. The van der Waals surface area contributed by atoms with Crippen LogP contribution in [0.5, 0.6) is 0 Å². The first-order valence-electron chi connectivity index (χ1n) is 14.4. The van der Waals surface area contributed by atoms with Crippen LogP contribution in [0, 0.1) is 11.8 Å². The number of allylic oxidation sites excluding steroid dienone is 8. The molecule has 196 valence electrons. The van der Waals surface area contributed by atoms with Crippen LogP contribution in [0.3, 0.4) is 0 Å². The van der Waals surface area contributed by atoms with Gasteiger partial charge in [-0.1, -0.05) is 128 Å². The average Bonchev–Trinajstić information content (AvgIpc) is 3.17. The standard InChI is InChI=1S/C36H42N2/c1-21(2)26-15-11-16-27(22(3)4)33(26)37-35-30-19-9-13-25-14-10-20-31(32(25)30)36(35)38-34-28(23(5)6)17-12-18-29(34)24(7)8/h9-24,30,32H,1-8H3/t30-,32+/m0/s1. The molecule has 0 amide bonds. The van der Waals surface area contributed by atoms with Crippen molar-refractivity contribution in [3.8, 4) is 0 Å². The second-order valence-electron chi connectivity index (χ2n) is 12.2. The molecule has 2 nitrogen and oxygen atoms in total. The van der Waals surface area contributed by atoms with E-state index in [-0.39, 0.29) is 11.8 Å². The number of benzene rings is 2. The third-order valence-electron chi connectivity index (χ3n) is 8.20. The van der Waals surface area contributed by atoms with Gasteiger partial charge >= 0.3 is 0 Å². The lowest BCUT2D eigenvalue weighted by atomic mass is 9.80. The maximum absolute atomic E-state index is 5.61. The van der Waals surface area contributed by atoms with E-state index in [1.165, 1.54) is 33.4 Å². The highest BCUT2D eigenvalue weighted by molar-refractivity contribution is 6.53. The van der Waals surface area contributed by atoms with E-state index in [2.05, 4.69) is 128 Å². The first-order chi connectivity index (χ1) is 18.2. The van der Waals surface area contributed by atoms with Crippen molar-refractivity contribution in [1.29, 1.82) is 0 Å². The van der Waals surface area contributed by atoms with Crippen molar-refractivity contribution in [3.63, 3.8) is 0 Å². The molecular formula is C36H42N2. The third-order valence-corrected chi connectivity index (χ3v) is 8.20. The maximum atomic E-state index is 5.61. The quantitative estimate of drug-likeness (QED) is 0.375. The molecule has 1 fully saturated rings. The van der Waals surface area contributed by atoms with E-state index in [4.69, 9.17) is 9.98 Å². The molecule has 0 aliphatic heterocycles. The van der Waals surface area contributed by atoms with Crippen LogP contribution in [0.4, 0.5) is 11.4 Å². The van der Waals surface area contributed by atoms with E-state index >= 15 is 0 Å². The van der Waals surface area contributed by atoms with Gasteiger partial charge in [-0.25, -0.2) is 9.98 Å². The number of para-hydroxylation sites is 2. The molecule has 0 saturated heterocycles. The van der Waals surface area contributed by atoms with Crippen LogP contribution in [-0.2, 0) is 0 Å². The van der Waals surface area contributed by atoms with E-state index < -0.39 is 0 Å². The molecule has 2 atom stereocenters. The van der Waals surface area contributed by atoms with Gasteiger partial charge in [-0.15, -0.1) is 0 Å². The molecule has 0 unspecified atom stereocenters. The fraction of sp³-hybridized carbons (Fsp3) is 0.389. The molecular weight excluding hydrogens is 460 g/mol. The minimum Gasteiger partial charge on any atom is -0.250 e. The Morgan fingerprint density at radius 1 is 0.605 bits per heavy atom. The van der Waals surface area contributed by atoms with Crippen LogP contribution < -0.4 is 0 Å². The summed E-state index contributed by atoms with van der Waals surface area (Å²) in [7, 11) is 0. The monoisotopic (exact) mass is 502 g/mol. The van der Waals surface area contributed by atoms with Gasteiger partial charge in [-0.3, -0.25) is 0 Å². The molecule has 0 spiro atoms. The number of hydrogen-bond donors (Lipinski definition) is 0. The SMILES string of the molecule is CC(C)c1cccc(C(C)C)c1N=C1C2=CC=CC3=CC=C[C@H](C1=Nc1c(C(C)C)cccc1C(C)C)[C@@H]32. The maximum Gasteiger partial charge on any atom is 0.0897 e. The smallest absolute Gasteiger partial charge is 0.0897 e. The Labute approximate surface area is 229 Å². The summed E-state index contributed by atoms with van der Waals surface area (Å²) < 4.78 is 0. The molecule has 0 aromatic heterocycles. The first kappa shape index (κ1) is 26.4.